The maximum atomic E-state index is 4.11. The molecule has 1 saturated heterocycles. The summed E-state index contributed by atoms with van der Waals surface area (Å²) in [4.78, 5) is 0. The Hall–Kier alpha value is -0.0400. The first-order valence-corrected chi connectivity index (χ1v) is 11.0. The zero-order chi connectivity index (χ0) is 15.4. The zero-order valence-corrected chi connectivity index (χ0v) is 15.2. The molecule has 0 amide bonds. The van der Waals surface area contributed by atoms with E-state index in [0.29, 0.717) is 0 Å². The van der Waals surface area contributed by atoms with Gasteiger partial charge < -0.3 is 5.32 Å². The first kappa shape index (κ1) is 15.2. The van der Waals surface area contributed by atoms with Gasteiger partial charge in [-0.15, -0.1) is 0 Å². The fourth-order valence-corrected chi connectivity index (χ4v) is 8.55. The van der Waals surface area contributed by atoms with Crippen LogP contribution in [0, 0.1) is 40.9 Å². The van der Waals surface area contributed by atoms with E-state index in [4.69, 9.17) is 0 Å². The highest BCUT2D eigenvalue weighted by Gasteiger charge is 2.62. The predicted octanol–water partition coefficient (Wildman–Crippen LogP) is 5.40. The van der Waals surface area contributed by atoms with E-state index in [1.54, 1.807) is 38.5 Å². The maximum Gasteiger partial charge on any atom is 0.0135 e. The fourth-order valence-electron chi connectivity index (χ4n) is 8.55. The smallest absolute Gasteiger partial charge is 0.0135 e. The Kier molecular flexibility index (Phi) is 3.81. The molecule has 1 N–H and O–H groups in total. The summed E-state index contributed by atoms with van der Waals surface area (Å²) in [5, 5.41) is 4.11. The molecule has 4 aliphatic carbocycles. The van der Waals surface area contributed by atoms with Crippen LogP contribution < -0.4 is 5.32 Å². The number of nitrogens with one attached hydrogen (secondary N) is 1. The van der Waals surface area contributed by atoms with Crippen LogP contribution in [0.1, 0.15) is 84.0 Å². The van der Waals surface area contributed by atoms with Gasteiger partial charge in [0.15, 0.2) is 0 Å². The first-order chi connectivity index (χ1) is 11.3. The van der Waals surface area contributed by atoms with Crippen molar-refractivity contribution < 1.29 is 0 Å². The summed E-state index contributed by atoms with van der Waals surface area (Å²) in [5.41, 5.74) is 0.778. The number of piperidine rings is 1. The minimum absolute atomic E-state index is 0.778. The largest absolute Gasteiger partial charge is 0.313 e. The molecule has 5 aliphatic rings. The first-order valence-electron chi connectivity index (χ1n) is 11.0. The third-order valence-corrected chi connectivity index (χ3v) is 9.36. The summed E-state index contributed by atoms with van der Waals surface area (Å²) in [6.45, 7) is 3.92. The van der Waals surface area contributed by atoms with Gasteiger partial charge in [-0.3, -0.25) is 0 Å². The van der Waals surface area contributed by atoms with E-state index in [-0.39, 0.29) is 0 Å². The highest BCUT2D eigenvalue weighted by atomic mass is 15.0. The molecule has 1 nitrogen and oxygen atoms in total. The van der Waals surface area contributed by atoms with Gasteiger partial charge in [0.25, 0.3) is 0 Å². The van der Waals surface area contributed by atoms with Gasteiger partial charge in [0.1, 0.15) is 0 Å². The quantitative estimate of drug-likeness (QED) is 0.719. The van der Waals surface area contributed by atoms with Crippen LogP contribution in [0.3, 0.4) is 0 Å². The van der Waals surface area contributed by atoms with Gasteiger partial charge in [-0.1, -0.05) is 39.0 Å². The molecule has 130 valence electrons. The van der Waals surface area contributed by atoms with Crippen LogP contribution in [0.2, 0.25) is 0 Å². The Morgan fingerprint density at radius 2 is 1.57 bits per heavy atom. The van der Waals surface area contributed by atoms with Crippen LogP contribution in [-0.2, 0) is 0 Å². The van der Waals surface area contributed by atoms with Crippen molar-refractivity contribution >= 4 is 0 Å². The molecule has 0 aromatic rings. The van der Waals surface area contributed by atoms with Crippen molar-refractivity contribution in [3.05, 3.63) is 0 Å². The van der Waals surface area contributed by atoms with Gasteiger partial charge in [-0.05, 0) is 92.4 Å². The second kappa shape index (κ2) is 5.75. The molecule has 0 aromatic carbocycles. The predicted molar refractivity (Wildman–Crippen MR) is 96.2 cm³/mol. The molecule has 1 aliphatic heterocycles. The fraction of sp³-hybridized carbons (Fsp3) is 1.00. The summed E-state index contributed by atoms with van der Waals surface area (Å²) < 4.78 is 0. The van der Waals surface area contributed by atoms with Crippen LogP contribution in [0.15, 0.2) is 0 Å². The molecule has 5 fully saturated rings. The van der Waals surface area contributed by atoms with Gasteiger partial charge in [-0.25, -0.2) is 0 Å². The Balaban J connectivity index is 1.51. The molecule has 4 saturated carbocycles. The number of hydrogen-bond acceptors (Lipinski definition) is 1. The second-order valence-corrected chi connectivity index (χ2v) is 10.0. The second-order valence-electron chi connectivity index (χ2n) is 10.0. The van der Waals surface area contributed by atoms with Crippen LogP contribution in [0.4, 0.5) is 0 Å². The van der Waals surface area contributed by atoms with E-state index < -0.39 is 0 Å². The van der Waals surface area contributed by atoms with Crippen molar-refractivity contribution in [3.63, 3.8) is 0 Å². The van der Waals surface area contributed by atoms with Gasteiger partial charge in [0.2, 0.25) is 0 Å². The lowest BCUT2D eigenvalue weighted by Crippen LogP contribution is -2.54. The van der Waals surface area contributed by atoms with Crippen molar-refractivity contribution in [3.8, 4) is 0 Å². The van der Waals surface area contributed by atoms with Crippen LogP contribution in [0.5, 0.6) is 0 Å². The van der Waals surface area contributed by atoms with Crippen molar-refractivity contribution in [1.82, 2.24) is 5.32 Å². The average Bonchev–Trinajstić information content (AvgIpc) is 3.15. The average molecular weight is 316 g/mol. The summed E-state index contributed by atoms with van der Waals surface area (Å²) in [6.07, 6.45) is 18.5. The highest BCUT2D eigenvalue weighted by Crippen LogP contribution is 2.67. The molecule has 0 bridgehead atoms. The van der Waals surface area contributed by atoms with Crippen molar-refractivity contribution in [1.29, 1.82) is 0 Å². The minimum Gasteiger partial charge on any atom is -0.313 e. The lowest BCUT2D eigenvalue weighted by molar-refractivity contribution is -0.0572. The Labute approximate surface area is 143 Å². The van der Waals surface area contributed by atoms with E-state index in [1.165, 1.54) is 45.1 Å². The van der Waals surface area contributed by atoms with Crippen molar-refractivity contribution in [2.75, 3.05) is 6.54 Å². The minimum atomic E-state index is 0.778. The van der Waals surface area contributed by atoms with Crippen molar-refractivity contribution in [2.24, 2.45) is 40.9 Å². The molecule has 1 heterocycles. The summed E-state index contributed by atoms with van der Waals surface area (Å²) in [7, 11) is 0. The van der Waals surface area contributed by atoms with Gasteiger partial charge >= 0.3 is 0 Å². The maximum absolute atomic E-state index is 4.11. The van der Waals surface area contributed by atoms with E-state index in [2.05, 4.69) is 12.2 Å². The highest BCUT2D eigenvalue weighted by molar-refractivity contribution is 5.13. The Bertz CT molecular complexity index is 433. The van der Waals surface area contributed by atoms with Gasteiger partial charge in [0.05, 0.1) is 0 Å². The van der Waals surface area contributed by atoms with Gasteiger partial charge in [-0.2, -0.15) is 0 Å². The third kappa shape index (κ3) is 2.14. The van der Waals surface area contributed by atoms with E-state index in [0.717, 1.165) is 47.0 Å². The van der Waals surface area contributed by atoms with E-state index in [9.17, 15) is 0 Å². The zero-order valence-electron chi connectivity index (χ0n) is 15.2. The molecule has 6 atom stereocenters. The molecule has 0 aromatic heterocycles. The van der Waals surface area contributed by atoms with Crippen molar-refractivity contribution in [2.45, 2.75) is 90.0 Å². The monoisotopic (exact) mass is 315 g/mol. The lowest BCUT2D eigenvalue weighted by Gasteiger charge is -2.56. The summed E-state index contributed by atoms with van der Waals surface area (Å²) in [6, 6.07) is 0.903. The van der Waals surface area contributed by atoms with E-state index >= 15 is 0 Å². The third-order valence-electron chi connectivity index (χ3n) is 9.36. The molecule has 0 radical (unpaired) electrons. The van der Waals surface area contributed by atoms with Crippen LogP contribution in [-0.4, -0.2) is 12.6 Å². The Morgan fingerprint density at radius 3 is 2.30 bits per heavy atom. The molecule has 6 unspecified atom stereocenters. The normalized spacial score (nSPS) is 49.4. The number of hydrogen-bond donors (Lipinski definition) is 1. The van der Waals surface area contributed by atoms with E-state index in [1.807, 2.05) is 0 Å². The molecule has 1 heteroatoms. The SMILES string of the molecule is CC1CCCC2C1C1CCCNC1C2C1(C2CCCC2)CCC1. The lowest BCUT2D eigenvalue weighted by atomic mass is 9.50. The molecular weight excluding hydrogens is 278 g/mol. The number of fused-ring (bicyclic) bond motifs is 3. The topological polar surface area (TPSA) is 12.0 Å². The van der Waals surface area contributed by atoms with Crippen LogP contribution in [0.25, 0.3) is 0 Å². The van der Waals surface area contributed by atoms with Gasteiger partial charge in [0, 0.05) is 6.04 Å². The summed E-state index contributed by atoms with van der Waals surface area (Å²) in [5.74, 6) is 6.35. The molecule has 23 heavy (non-hydrogen) atoms. The van der Waals surface area contributed by atoms with Crippen LogP contribution >= 0.6 is 0 Å². The number of rotatable bonds is 2. The standard InChI is InChI=1S/C22H37N/c1-15-7-4-10-17-19(15)18-11-5-14-23-21(18)20(17)22(12-6-13-22)16-8-2-3-9-16/h15-21,23H,2-14H2,1H3. The molecule has 5 rings (SSSR count). The molecular formula is C22H37N. The molecule has 0 spiro atoms. The summed E-state index contributed by atoms with van der Waals surface area (Å²) >= 11 is 0. The Morgan fingerprint density at radius 1 is 0.783 bits per heavy atom.